The van der Waals surface area contributed by atoms with Crippen molar-refractivity contribution in [3.8, 4) is 0 Å². The number of para-hydroxylation sites is 1. The first kappa shape index (κ1) is 18.5. The molecule has 27 heavy (non-hydrogen) atoms. The molecule has 1 fully saturated rings. The first-order chi connectivity index (χ1) is 13.0. The Balaban J connectivity index is 1.67. The van der Waals surface area contributed by atoms with E-state index in [-0.39, 0.29) is 5.41 Å². The first-order valence-electron chi connectivity index (χ1n) is 9.67. The molecule has 0 spiro atoms. The van der Waals surface area contributed by atoms with Gasteiger partial charge in [0.2, 0.25) is 0 Å². The largest absolute Gasteiger partial charge is 0.378 e. The van der Waals surface area contributed by atoms with Crippen molar-refractivity contribution in [2.24, 2.45) is 0 Å². The van der Waals surface area contributed by atoms with Crippen LogP contribution in [-0.4, -0.2) is 37.9 Å². The molecule has 0 aromatic heterocycles. The molecule has 3 nitrogen and oxygen atoms in total. The molecule has 2 unspecified atom stereocenters. The standard InChI is InChI=1S/C23H29N3S/c1-23(2)19-7-5-6-8-20(19)26(22-24-15-16-27-22)21(23)14-11-17-9-12-18(13-10-17)25(3)4/h5-14,21-22,24H,15-16H2,1-4H3. The number of anilines is 2. The van der Waals surface area contributed by atoms with E-state index in [2.05, 4.69) is 104 Å². The predicted molar refractivity (Wildman–Crippen MR) is 120 cm³/mol. The van der Waals surface area contributed by atoms with E-state index in [4.69, 9.17) is 0 Å². The zero-order valence-corrected chi connectivity index (χ0v) is 17.5. The van der Waals surface area contributed by atoms with Gasteiger partial charge in [0.15, 0.2) is 0 Å². The van der Waals surface area contributed by atoms with E-state index in [1.54, 1.807) is 0 Å². The molecule has 2 aliphatic rings. The molecule has 2 heterocycles. The molecule has 0 amide bonds. The molecular formula is C23H29N3S. The molecule has 1 N–H and O–H groups in total. The van der Waals surface area contributed by atoms with Gasteiger partial charge in [0.1, 0.15) is 5.50 Å². The summed E-state index contributed by atoms with van der Waals surface area (Å²) in [5.41, 5.74) is 5.71. The minimum absolute atomic E-state index is 0.0709. The number of nitrogens with one attached hydrogen (secondary N) is 1. The summed E-state index contributed by atoms with van der Waals surface area (Å²) < 4.78 is 0. The highest BCUT2D eigenvalue weighted by atomic mass is 32.2. The molecule has 142 valence electrons. The van der Waals surface area contributed by atoms with Gasteiger partial charge in [-0.1, -0.05) is 56.3 Å². The van der Waals surface area contributed by atoms with Crippen molar-refractivity contribution in [1.82, 2.24) is 5.32 Å². The summed E-state index contributed by atoms with van der Waals surface area (Å²) in [6.45, 7) is 5.82. The Hall–Kier alpha value is -1.91. The van der Waals surface area contributed by atoms with Crippen molar-refractivity contribution in [1.29, 1.82) is 0 Å². The molecule has 2 atom stereocenters. The number of hydrogen-bond acceptors (Lipinski definition) is 4. The van der Waals surface area contributed by atoms with Crippen LogP contribution in [0.1, 0.15) is 25.0 Å². The smallest absolute Gasteiger partial charge is 0.128 e. The maximum Gasteiger partial charge on any atom is 0.128 e. The third-order valence-electron chi connectivity index (χ3n) is 5.75. The van der Waals surface area contributed by atoms with Gasteiger partial charge >= 0.3 is 0 Å². The van der Waals surface area contributed by atoms with Crippen molar-refractivity contribution in [3.05, 3.63) is 65.7 Å². The summed E-state index contributed by atoms with van der Waals surface area (Å²) in [7, 11) is 4.15. The van der Waals surface area contributed by atoms with Gasteiger partial charge in [-0.25, -0.2) is 0 Å². The lowest BCUT2D eigenvalue weighted by atomic mass is 9.80. The van der Waals surface area contributed by atoms with Crippen LogP contribution in [0.2, 0.25) is 0 Å². The molecule has 1 saturated heterocycles. The lowest BCUT2D eigenvalue weighted by Crippen LogP contribution is -2.48. The van der Waals surface area contributed by atoms with Crippen LogP contribution in [0, 0.1) is 0 Å². The zero-order valence-electron chi connectivity index (χ0n) is 16.6. The monoisotopic (exact) mass is 379 g/mol. The van der Waals surface area contributed by atoms with Crippen LogP contribution in [-0.2, 0) is 5.41 Å². The minimum atomic E-state index is 0.0709. The van der Waals surface area contributed by atoms with Gasteiger partial charge in [-0.3, -0.25) is 5.32 Å². The van der Waals surface area contributed by atoms with Gasteiger partial charge in [-0.2, -0.15) is 0 Å². The normalized spacial score (nSPS) is 23.8. The van der Waals surface area contributed by atoms with Gasteiger partial charge < -0.3 is 9.80 Å². The molecule has 0 radical (unpaired) electrons. The summed E-state index contributed by atoms with van der Waals surface area (Å²) >= 11 is 2.01. The Kier molecular flexibility index (Phi) is 4.95. The third-order valence-corrected chi connectivity index (χ3v) is 6.89. The van der Waals surface area contributed by atoms with Gasteiger partial charge in [0.25, 0.3) is 0 Å². The molecular weight excluding hydrogens is 350 g/mol. The van der Waals surface area contributed by atoms with Crippen molar-refractivity contribution in [2.45, 2.75) is 30.8 Å². The topological polar surface area (TPSA) is 18.5 Å². The van der Waals surface area contributed by atoms with Gasteiger partial charge in [-0.05, 0) is 29.3 Å². The fourth-order valence-electron chi connectivity index (χ4n) is 4.18. The average molecular weight is 380 g/mol. The number of fused-ring (bicyclic) bond motifs is 1. The lowest BCUT2D eigenvalue weighted by molar-refractivity contribution is 0.460. The van der Waals surface area contributed by atoms with Crippen molar-refractivity contribution in [2.75, 3.05) is 36.2 Å². The maximum atomic E-state index is 3.67. The fraction of sp³-hybridized carbons (Fsp3) is 0.391. The first-order valence-corrected chi connectivity index (χ1v) is 10.7. The number of thioether (sulfide) groups is 1. The van der Waals surface area contributed by atoms with E-state index < -0.39 is 0 Å². The highest BCUT2D eigenvalue weighted by Crippen LogP contribution is 2.48. The number of rotatable bonds is 4. The van der Waals surface area contributed by atoms with Gasteiger partial charge in [-0.15, -0.1) is 11.8 Å². The molecule has 2 aliphatic heterocycles. The lowest BCUT2D eigenvalue weighted by Gasteiger charge is -2.36. The third kappa shape index (κ3) is 3.37. The SMILES string of the molecule is CN(C)c1ccc(C=CC2N(C3NCCS3)c3ccccc3C2(C)C)cc1. The second kappa shape index (κ2) is 7.25. The Morgan fingerprint density at radius 1 is 1.11 bits per heavy atom. The number of hydrogen-bond donors (Lipinski definition) is 1. The van der Waals surface area contributed by atoms with E-state index in [0.717, 1.165) is 6.54 Å². The molecule has 0 saturated carbocycles. The Labute approximate surface area is 167 Å². The molecule has 4 heteroatoms. The molecule has 0 aliphatic carbocycles. The van der Waals surface area contributed by atoms with E-state index in [1.807, 2.05) is 11.8 Å². The quantitative estimate of drug-likeness (QED) is 0.839. The fourth-order valence-corrected chi connectivity index (χ4v) is 5.28. The minimum Gasteiger partial charge on any atom is -0.378 e. The van der Waals surface area contributed by atoms with Crippen molar-refractivity contribution < 1.29 is 0 Å². The van der Waals surface area contributed by atoms with E-state index in [1.165, 1.54) is 28.3 Å². The van der Waals surface area contributed by atoms with E-state index in [0.29, 0.717) is 11.5 Å². The van der Waals surface area contributed by atoms with E-state index in [9.17, 15) is 0 Å². The number of nitrogens with zero attached hydrogens (tertiary/aromatic N) is 2. The van der Waals surface area contributed by atoms with Crippen LogP contribution in [0.15, 0.2) is 54.6 Å². The Bertz CT molecular complexity index is 820. The highest BCUT2D eigenvalue weighted by molar-refractivity contribution is 8.00. The highest BCUT2D eigenvalue weighted by Gasteiger charge is 2.46. The van der Waals surface area contributed by atoms with Crippen LogP contribution in [0.25, 0.3) is 6.08 Å². The second-order valence-electron chi connectivity index (χ2n) is 8.11. The zero-order chi connectivity index (χ0) is 19.0. The molecule has 4 rings (SSSR count). The van der Waals surface area contributed by atoms with Crippen LogP contribution in [0.3, 0.4) is 0 Å². The summed E-state index contributed by atoms with van der Waals surface area (Å²) in [5, 5.41) is 3.67. The second-order valence-corrected chi connectivity index (χ2v) is 9.30. The molecule has 2 aromatic rings. The summed E-state index contributed by atoms with van der Waals surface area (Å²) in [6.07, 6.45) is 4.68. The van der Waals surface area contributed by atoms with Crippen molar-refractivity contribution >= 4 is 29.2 Å². The summed E-state index contributed by atoms with van der Waals surface area (Å²) in [6, 6.07) is 18.0. The maximum absolute atomic E-state index is 3.67. The summed E-state index contributed by atoms with van der Waals surface area (Å²) in [4.78, 5) is 4.71. The average Bonchev–Trinajstić information content (AvgIpc) is 3.26. The summed E-state index contributed by atoms with van der Waals surface area (Å²) in [5.74, 6) is 1.17. The van der Waals surface area contributed by atoms with Crippen LogP contribution in [0.5, 0.6) is 0 Å². The van der Waals surface area contributed by atoms with Gasteiger partial charge in [0.05, 0.1) is 6.04 Å². The molecule has 0 bridgehead atoms. The van der Waals surface area contributed by atoms with Crippen molar-refractivity contribution in [3.63, 3.8) is 0 Å². The van der Waals surface area contributed by atoms with Crippen LogP contribution < -0.4 is 15.1 Å². The number of benzene rings is 2. The Morgan fingerprint density at radius 3 is 2.52 bits per heavy atom. The Morgan fingerprint density at radius 2 is 1.85 bits per heavy atom. The van der Waals surface area contributed by atoms with E-state index >= 15 is 0 Å². The van der Waals surface area contributed by atoms with Crippen LogP contribution >= 0.6 is 11.8 Å². The van der Waals surface area contributed by atoms with Gasteiger partial charge in [0, 0.05) is 43.2 Å². The molecule has 2 aromatic carbocycles. The predicted octanol–water partition coefficient (Wildman–Crippen LogP) is 4.55. The van der Waals surface area contributed by atoms with Crippen LogP contribution in [0.4, 0.5) is 11.4 Å².